The number of nitrogens with zero attached hydrogens (tertiary/aromatic N) is 1. The molecule has 0 saturated heterocycles. The van der Waals surface area contributed by atoms with Crippen molar-refractivity contribution < 1.29 is 19.1 Å². The molecule has 6 heteroatoms. The Morgan fingerprint density at radius 2 is 2.00 bits per heavy atom. The zero-order valence-corrected chi connectivity index (χ0v) is 19.1. The fraction of sp³-hybridized carbons (Fsp3) is 0.462. The van der Waals surface area contributed by atoms with Crippen LogP contribution in [-0.4, -0.2) is 49.6 Å². The molecule has 2 atom stereocenters. The van der Waals surface area contributed by atoms with E-state index in [0.717, 1.165) is 36.9 Å². The Kier molecular flexibility index (Phi) is 6.80. The minimum Gasteiger partial charge on any atom is -0.481 e. The molecule has 2 aromatic carbocycles. The molecule has 1 fully saturated rings. The van der Waals surface area contributed by atoms with Crippen molar-refractivity contribution in [3.8, 4) is 5.75 Å². The molecule has 4 rings (SSSR count). The van der Waals surface area contributed by atoms with Crippen LogP contribution >= 0.6 is 0 Å². The molecule has 2 amide bonds. The average molecular weight is 437 g/mol. The Morgan fingerprint density at radius 1 is 1.19 bits per heavy atom. The number of nitrogens with one attached hydrogen (secondary N) is 1. The molecule has 1 N–H and O–H groups in total. The van der Waals surface area contributed by atoms with Gasteiger partial charge in [-0.15, -0.1) is 0 Å². The first-order valence-corrected chi connectivity index (χ1v) is 11.4. The molecule has 1 heterocycles. The average Bonchev–Trinajstić information content (AvgIpc) is 3.63. The van der Waals surface area contributed by atoms with Gasteiger partial charge in [-0.25, -0.2) is 0 Å². The summed E-state index contributed by atoms with van der Waals surface area (Å²) in [7, 11) is 1.60. The van der Waals surface area contributed by atoms with Gasteiger partial charge in [-0.3, -0.25) is 9.59 Å². The van der Waals surface area contributed by atoms with Crippen LogP contribution in [0.15, 0.2) is 42.5 Å². The maximum atomic E-state index is 13.1. The van der Waals surface area contributed by atoms with Crippen LogP contribution in [0.3, 0.4) is 0 Å². The lowest BCUT2D eigenvalue weighted by molar-refractivity contribution is -0.134. The topological polar surface area (TPSA) is 67.9 Å². The molecule has 1 saturated carbocycles. The second kappa shape index (κ2) is 9.74. The number of rotatable bonds is 8. The van der Waals surface area contributed by atoms with Gasteiger partial charge >= 0.3 is 0 Å². The van der Waals surface area contributed by atoms with Crippen LogP contribution in [0.25, 0.3) is 0 Å². The van der Waals surface area contributed by atoms with Gasteiger partial charge in [-0.1, -0.05) is 35.9 Å². The van der Waals surface area contributed by atoms with Crippen molar-refractivity contribution in [3.63, 3.8) is 0 Å². The largest absolute Gasteiger partial charge is 0.481 e. The number of hydrogen-bond donors (Lipinski definition) is 1. The first-order chi connectivity index (χ1) is 15.5. The van der Waals surface area contributed by atoms with Gasteiger partial charge in [-0.2, -0.15) is 0 Å². The van der Waals surface area contributed by atoms with Crippen molar-refractivity contribution in [2.24, 2.45) is 5.92 Å². The summed E-state index contributed by atoms with van der Waals surface area (Å²) in [6, 6.07) is 14.2. The third-order valence-electron chi connectivity index (χ3n) is 6.20. The molecule has 2 aliphatic rings. The van der Waals surface area contributed by atoms with Crippen LogP contribution in [0.1, 0.15) is 48.1 Å². The summed E-state index contributed by atoms with van der Waals surface area (Å²) in [6.07, 6.45) is 2.17. The molecule has 6 nitrogen and oxygen atoms in total. The predicted octanol–water partition coefficient (Wildman–Crippen LogP) is 3.41. The van der Waals surface area contributed by atoms with Crippen LogP contribution in [0.2, 0.25) is 0 Å². The van der Waals surface area contributed by atoms with E-state index in [1.165, 1.54) is 11.1 Å². The lowest BCUT2D eigenvalue weighted by Gasteiger charge is -2.38. The molecule has 0 aromatic heterocycles. The highest BCUT2D eigenvalue weighted by Crippen LogP contribution is 2.41. The van der Waals surface area contributed by atoms with Gasteiger partial charge < -0.3 is 19.7 Å². The second-order valence-corrected chi connectivity index (χ2v) is 8.78. The monoisotopic (exact) mass is 436 g/mol. The molecule has 32 heavy (non-hydrogen) atoms. The molecule has 170 valence electrons. The number of fused-ring (bicyclic) bond motifs is 1. The Labute approximate surface area is 189 Å². The summed E-state index contributed by atoms with van der Waals surface area (Å²) in [5, 5.41) is 2.81. The van der Waals surface area contributed by atoms with Crippen LogP contribution in [0.4, 0.5) is 0 Å². The van der Waals surface area contributed by atoms with Gasteiger partial charge in [0, 0.05) is 26.1 Å². The second-order valence-electron chi connectivity index (χ2n) is 8.78. The Bertz CT molecular complexity index is 986. The van der Waals surface area contributed by atoms with Crippen LogP contribution < -0.4 is 10.1 Å². The number of carbonyl (C=O) groups excluding carboxylic acids is 2. The summed E-state index contributed by atoms with van der Waals surface area (Å²) in [6.45, 7) is 5.44. The molecular weight excluding hydrogens is 404 g/mol. The standard InChI is InChI=1S/C26H32N2O4/c1-17-5-4-6-21(15-17)24-23-16-22(32-18(2)25(29)27-12-14-31-3)10-9-19(23)11-13-28(24)26(30)20-7-8-20/h4-6,9-10,15-16,18,20,24H,7-8,11-14H2,1-3H3,(H,27,29)/t18-,24+/m0/s1. The van der Waals surface area contributed by atoms with Crippen LogP contribution in [-0.2, 0) is 20.7 Å². The van der Waals surface area contributed by atoms with Crippen molar-refractivity contribution in [3.05, 3.63) is 64.7 Å². The minimum absolute atomic E-state index is 0.138. The van der Waals surface area contributed by atoms with Gasteiger partial charge in [0.15, 0.2) is 6.10 Å². The SMILES string of the molecule is COCCNC(=O)[C@H](C)Oc1ccc2c(c1)[C@@H](c1cccc(C)c1)N(C(=O)C1CC1)CC2. The van der Waals surface area contributed by atoms with Crippen LogP contribution in [0, 0.1) is 12.8 Å². The Balaban J connectivity index is 1.61. The molecule has 0 radical (unpaired) electrons. The van der Waals surface area contributed by atoms with E-state index in [1.807, 2.05) is 23.1 Å². The third kappa shape index (κ3) is 4.96. The Hall–Kier alpha value is -2.86. The van der Waals surface area contributed by atoms with E-state index < -0.39 is 6.10 Å². The smallest absolute Gasteiger partial charge is 0.260 e. The van der Waals surface area contributed by atoms with Crippen molar-refractivity contribution in [1.82, 2.24) is 10.2 Å². The Morgan fingerprint density at radius 3 is 2.72 bits per heavy atom. The fourth-order valence-electron chi connectivity index (χ4n) is 4.35. The number of aryl methyl sites for hydroxylation is 1. The van der Waals surface area contributed by atoms with Crippen LogP contribution in [0.5, 0.6) is 5.75 Å². The van der Waals surface area contributed by atoms with Crippen molar-refractivity contribution in [2.45, 2.75) is 45.3 Å². The van der Waals surface area contributed by atoms with Crippen molar-refractivity contribution in [2.75, 3.05) is 26.8 Å². The number of amides is 2. The lowest BCUT2D eigenvalue weighted by Crippen LogP contribution is -2.41. The van der Waals surface area contributed by atoms with E-state index in [1.54, 1.807) is 14.0 Å². The van der Waals surface area contributed by atoms with E-state index in [4.69, 9.17) is 9.47 Å². The molecular formula is C26H32N2O4. The van der Waals surface area contributed by atoms with Gasteiger partial charge in [0.05, 0.1) is 12.6 Å². The molecule has 2 aromatic rings. The molecule has 1 aliphatic heterocycles. The normalized spacial score (nSPS) is 18.6. The molecule has 0 spiro atoms. The van der Waals surface area contributed by atoms with E-state index in [0.29, 0.717) is 18.9 Å². The fourth-order valence-corrected chi connectivity index (χ4v) is 4.35. The summed E-state index contributed by atoms with van der Waals surface area (Å²) in [5.41, 5.74) is 4.59. The number of methoxy groups -OCH3 is 1. The van der Waals surface area contributed by atoms with Gasteiger partial charge in [0.2, 0.25) is 5.91 Å². The summed E-state index contributed by atoms with van der Waals surface area (Å²) >= 11 is 0. The molecule has 0 unspecified atom stereocenters. The summed E-state index contributed by atoms with van der Waals surface area (Å²) < 4.78 is 11.0. The quantitative estimate of drug-likeness (QED) is 0.644. The summed E-state index contributed by atoms with van der Waals surface area (Å²) in [4.78, 5) is 27.5. The number of carbonyl (C=O) groups is 2. The number of benzene rings is 2. The zero-order valence-electron chi connectivity index (χ0n) is 19.1. The molecule has 0 bridgehead atoms. The maximum absolute atomic E-state index is 13.1. The first kappa shape index (κ1) is 22.3. The highest BCUT2D eigenvalue weighted by molar-refractivity contribution is 5.82. The first-order valence-electron chi connectivity index (χ1n) is 11.4. The van der Waals surface area contributed by atoms with Gasteiger partial charge in [-0.05, 0) is 61.9 Å². The van der Waals surface area contributed by atoms with Gasteiger partial charge in [0.25, 0.3) is 5.91 Å². The maximum Gasteiger partial charge on any atom is 0.260 e. The van der Waals surface area contributed by atoms with E-state index in [2.05, 4.69) is 36.5 Å². The summed E-state index contributed by atoms with van der Waals surface area (Å²) in [5.74, 6) is 0.871. The van der Waals surface area contributed by atoms with E-state index >= 15 is 0 Å². The molecule has 1 aliphatic carbocycles. The lowest BCUT2D eigenvalue weighted by atomic mass is 9.87. The van der Waals surface area contributed by atoms with E-state index in [9.17, 15) is 9.59 Å². The van der Waals surface area contributed by atoms with E-state index in [-0.39, 0.29) is 23.8 Å². The number of ether oxygens (including phenoxy) is 2. The predicted molar refractivity (Wildman–Crippen MR) is 123 cm³/mol. The zero-order chi connectivity index (χ0) is 22.7. The van der Waals surface area contributed by atoms with Gasteiger partial charge in [0.1, 0.15) is 5.75 Å². The van der Waals surface area contributed by atoms with Crippen molar-refractivity contribution in [1.29, 1.82) is 0 Å². The minimum atomic E-state index is -0.630. The highest BCUT2D eigenvalue weighted by Gasteiger charge is 2.39. The van der Waals surface area contributed by atoms with Crippen molar-refractivity contribution >= 4 is 11.8 Å². The third-order valence-corrected chi connectivity index (χ3v) is 6.20. The highest BCUT2D eigenvalue weighted by atomic mass is 16.5. The number of hydrogen-bond acceptors (Lipinski definition) is 4.